The van der Waals surface area contributed by atoms with Gasteiger partial charge in [-0.2, -0.15) is 11.8 Å². The molecule has 0 spiro atoms. The van der Waals surface area contributed by atoms with Crippen LogP contribution >= 0.6 is 23.1 Å². The van der Waals surface area contributed by atoms with Crippen LogP contribution in [0.15, 0.2) is 0 Å². The maximum absolute atomic E-state index is 12.2. The van der Waals surface area contributed by atoms with Gasteiger partial charge in [0.2, 0.25) is 0 Å². The normalized spacial score (nSPS) is 15.8. The summed E-state index contributed by atoms with van der Waals surface area (Å²) in [5, 5.41) is 7.00. The largest absolute Gasteiger partial charge is 0.382 e. The van der Waals surface area contributed by atoms with Crippen LogP contribution in [0.25, 0.3) is 0 Å². The van der Waals surface area contributed by atoms with Crippen LogP contribution in [0.2, 0.25) is 0 Å². The number of nitrogens with zero attached hydrogens (tertiary/aromatic N) is 1. The van der Waals surface area contributed by atoms with Crippen molar-refractivity contribution in [3.63, 3.8) is 0 Å². The van der Waals surface area contributed by atoms with Gasteiger partial charge in [0.15, 0.2) is 5.13 Å². The Morgan fingerprint density at radius 2 is 2.25 bits per heavy atom. The van der Waals surface area contributed by atoms with Gasteiger partial charge >= 0.3 is 0 Å². The topological polar surface area (TPSA) is 80.0 Å². The Hall–Kier alpha value is -0.950. The summed E-state index contributed by atoms with van der Waals surface area (Å²) in [6.07, 6.45) is 5.63. The highest BCUT2D eigenvalue weighted by atomic mass is 32.2. The number of nitrogens with one attached hydrogen (secondary N) is 2. The number of aromatic nitrogens is 1. The van der Waals surface area contributed by atoms with Gasteiger partial charge in [0.05, 0.1) is 0 Å². The van der Waals surface area contributed by atoms with E-state index in [1.165, 1.54) is 30.6 Å². The van der Waals surface area contributed by atoms with Crippen molar-refractivity contribution in [1.29, 1.82) is 0 Å². The van der Waals surface area contributed by atoms with E-state index in [0.717, 1.165) is 5.13 Å². The molecule has 1 fully saturated rings. The van der Waals surface area contributed by atoms with Gasteiger partial charge in [-0.1, -0.05) is 11.3 Å². The molecule has 1 aromatic rings. The second kappa shape index (κ2) is 6.22. The van der Waals surface area contributed by atoms with E-state index in [1.54, 1.807) is 11.8 Å². The zero-order chi connectivity index (χ0) is 14.8. The van der Waals surface area contributed by atoms with Crippen molar-refractivity contribution in [3.05, 3.63) is 4.88 Å². The van der Waals surface area contributed by atoms with E-state index < -0.39 is 0 Å². The molecular weight excluding hydrogens is 292 g/mol. The van der Waals surface area contributed by atoms with Gasteiger partial charge in [0, 0.05) is 17.3 Å². The van der Waals surface area contributed by atoms with Crippen molar-refractivity contribution in [2.75, 3.05) is 23.9 Å². The number of nitrogen functional groups attached to an aromatic ring is 1. The van der Waals surface area contributed by atoms with Crippen LogP contribution in [0.3, 0.4) is 0 Å². The first kappa shape index (κ1) is 15.4. The number of hydrogen-bond acceptors (Lipinski definition) is 6. The molecule has 0 radical (unpaired) electrons. The first-order valence-corrected chi connectivity index (χ1v) is 8.81. The number of thiazole rings is 1. The predicted octanol–water partition coefficient (Wildman–Crippen LogP) is 2.56. The van der Waals surface area contributed by atoms with E-state index in [-0.39, 0.29) is 10.7 Å². The molecule has 0 unspecified atom stereocenters. The minimum Gasteiger partial charge on any atom is -0.382 e. The molecule has 0 atom stereocenters. The maximum atomic E-state index is 12.2. The molecule has 1 aromatic heterocycles. The number of carbonyl (C=O) groups excluding carboxylic acids is 1. The van der Waals surface area contributed by atoms with Crippen molar-refractivity contribution in [3.8, 4) is 0 Å². The number of rotatable bonds is 6. The van der Waals surface area contributed by atoms with Gasteiger partial charge in [0.1, 0.15) is 10.7 Å². The summed E-state index contributed by atoms with van der Waals surface area (Å²) in [5.41, 5.74) is 5.84. The molecule has 1 saturated carbocycles. The summed E-state index contributed by atoms with van der Waals surface area (Å²) in [6.45, 7) is 4.80. The minimum atomic E-state index is -0.135. The van der Waals surface area contributed by atoms with Crippen molar-refractivity contribution in [2.24, 2.45) is 0 Å². The lowest BCUT2D eigenvalue weighted by Crippen LogP contribution is -2.36. The first-order valence-electron chi connectivity index (χ1n) is 6.77. The Morgan fingerprint density at radius 1 is 1.55 bits per heavy atom. The minimum absolute atomic E-state index is 0.0160. The van der Waals surface area contributed by atoms with E-state index in [2.05, 4.69) is 29.5 Å². The van der Waals surface area contributed by atoms with Crippen LogP contribution in [0.5, 0.6) is 0 Å². The molecule has 1 aliphatic carbocycles. The molecule has 0 saturated heterocycles. The van der Waals surface area contributed by atoms with E-state index in [4.69, 9.17) is 5.73 Å². The summed E-state index contributed by atoms with van der Waals surface area (Å²) in [7, 11) is 0. The standard InChI is InChI=1S/C13H22N4OS2/c1-13(2,19-3)7-15-11(18)9-10(14)17-12(20-9)16-8-5-4-6-8/h8H,4-7,14H2,1-3H3,(H,15,18)(H,16,17). The average molecular weight is 314 g/mol. The lowest BCUT2D eigenvalue weighted by atomic mass is 9.93. The van der Waals surface area contributed by atoms with Crippen LogP contribution in [0.1, 0.15) is 42.8 Å². The molecule has 20 heavy (non-hydrogen) atoms. The van der Waals surface area contributed by atoms with Crippen LogP contribution < -0.4 is 16.4 Å². The fraction of sp³-hybridized carbons (Fsp3) is 0.692. The van der Waals surface area contributed by atoms with E-state index in [9.17, 15) is 4.79 Å². The predicted molar refractivity (Wildman–Crippen MR) is 87.7 cm³/mol. The third-order valence-corrected chi connectivity index (χ3v) is 5.77. The Bertz CT molecular complexity index is 483. The van der Waals surface area contributed by atoms with Gasteiger partial charge in [-0.3, -0.25) is 4.79 Å². The van der Waals surface area contributed by atoms with E-state index in [1.807, 2.05) is 6.26 Å². The number of thioether (sulfide) groups is 1. The molecule has 0 aliphatic heterocycles. The summed E-state index contributed by atoms with van der Waals surface area (Å²) in [5.74, 6) is 0.181. The third-order valence-electron chi connectivity index (χ3n) is 3.52. The number of anilines is 2. The number of carbonyl (C=O) groups is 1. The Kier molecular flexibility index (Phi) is 4.80. The zero-order valence-electron chi connectivity index (χ0n) is 12.2. The number of nitrogens with two attached hydrogens (primary N) is 1. The van der Waals surface area contributed by atoms with Gasteiger partial charge in [-0.25, -0.2) is 4.98 Å². The van der Waals surface area contributed by atoms with Gasteiger partial charge in [-0.05, 0) is 39.4 Å². The SMILES string of the molecule is CSC(C)(C)CNC(=O)c1sc(NC2CCC2)nc1N. The highest BCUT2D eigenvalue weighted by Gasteiger charge is 2.23. The van der Waals surface area contributed by atoms with E-state index in [0.29, 0.717) is 23.3 Å². The average Bonchev–Trinajstić information content (AvgIpc) is 2.72. The van der Waals surface area contributed by atoms with Gasteiger partial charge in [0.25, 0.3) is 5.91 Å². The van der Waals surface area contributed by atoms with Crippen molar-refractivity contribution >= 4 is 40.0 Å². The van der Waals surface area contributed by atoms with Gasteiger partial charge in [-0.15, -0.1) is 0 Å². The maximum Gasteiger partial charge on any atom is 0.265 e. The third kappa shape index (κ3) is 3.79. The van der Waals surface area contributed by atoms with Crippen LogP contribution in [0.4, 0.5) is 10.9 Å². The lowest BCUT2D eigenvalue weighted by molar-refractivity contribution is 0.0955. The van der Waals surface area contributed by atoms with Crippen molar-refractivity contribution in [2.45, 2.75) is 43.9 Å². The van der Waals surface area contributed by atoms with Crippen molar-refractivity contribution < 1.29 is 4.79 Å². The summed E-state index contributed by atoms with van der Waals surface area (Å²) >= 11 is 3.06. The van der Waals surface area contributed by atoms with Crippen molar-refractivity contribution in [1.82, 2.24) is 10.3 Å². The van der Waals surface area contributed by atoms with Crippen LogP contribution in [-0.2, 0) is 0 Å². The Balaban J connectivity index is 1.95. The lowest BCUT2D eigenvalue weighted by Gasteiger charge is -2.25. The Morgan fingerprint density at radius 3 is 2.80 bits per heavy atom. The number of amides is 1. The fourth-order valence-corrected chi connectivity index (χ4v) is 2.82. The molecule has 0 bridgehead atoms. The molecule has 1 amide bonds. The summed E-state index contributed by atoms with van der Waals surface area (Å²) < 4.78 is 0.0160. The fourth-order valence-electron chi connectivity index (χ4n) is 1.73. The molecule has 0 aromatic carbocycles. The molecule has 1 heterocycles. The second-order valence-electron chi connectivity index (χ2n) is 5.65. The van der Waals surface area contributed by atoms with Crippen LogP contribution in [-0.4, -0.2) is 34.5 Å². The molecule has 1 aliphatic rings. The first-order chi connectivity index (χ1) is 9.41. The molecule has 5 nitrogen and oxygen atoms in total. The summed E-state index contributed by atoms with van der Waals surface area (Å²) in [6, 6.07) is 0.492. The van der Waals surface area contributed by atoms with E-state index >= 15 is 0 Å². The number of hydrogen-bond donors (Lipinski definition) is 3. The molecular formula is C13H22N4OS2. The monoisotopic (exact) mass is 314 g/mol. The molecule has 112 valence electrons. The smallest absolute Gasteiger partial charge is 0.265 e. The quantitative estimate of drug-likeness (QED) is 0.752. The molecule has 4 N–H and O–H groups in total. The molecule has 2 rings (SSSR count). The highest BCUT2D eigenvalue weighted by Crippen LogP contribution is 2.29. The zero-order valence-corrected chi connectivity index (χ0v) is 13.8. The van der Waals surface area contributed by atoms with Gasteiger partial charge < -0.3 is 16.4 Å². The Labute approximate surface area is 128 Å². The second-order valence-corrected chi connectivity index (χ2v) is 8.16. The van der Waals surface area contributed by atoms with Crippen LogP contribution in [0, 0.1) is 0 Å². The highest BCUT2D eigenvalue weighted by molar-refractivity contribution is 7.99. The molecule has 7 heteroatoms. The summed E-state index contributed by atoms with van der Waals surface area (Å²) in [4.78, 5) is 16.9.